The van der Waals surface area contributed by atoms with Crippen LogP contribution in [0.3, 0.4) is 0 Å². The molecule has 0 saturated carbocycles. The molecule has 1 heterocycles. The second kappa shape index (κ2) is 5.04. The van der Waals surface area contributed by atoms with Crippen molar-refractivity contribution in [2.45, 2.75) is 44.4 Å². The van der Waals surface area contributed by atoms with E-state index in [1.165, 1.54) is 31.6 Å². The Balaban J connectivity index is 2.18. The highest BCUT2D eigenvalue weighted by atomic mass is 32.2. The predicted molar refractivity (Wildman–Crippen MR) is 53.2 cm³/mol. The van der Waals surface area contributed by atoms with Gasteiger partial charge in [0, 0.05) is 11.3 Å². The van der Waals surface area contributed by atoms with Gasteiger partial charge in [-0.25, -0.2) is 0 Å². The van der Waals surface area contributed by atoms with Crippen LogP contribution in [0.2, 0.25) is 0 Å². The minimum atomic E-state index is 0.786. The van der Waals surface area contributed by atoms with Crippen molar-refractivity contribution < 1.29 is 0 Å². The molecule has 2 unspecified atom stereocenters. The summed E-state index contributed by atoms with van der Waals surface area (Å²) in [7, 11) is 0. The Morgan fingerprint density at radius 1 is 1.55 bits per heavy atom. The summed E-state index contributed by atoms with van der Waals surface area (Å²) in [6, 6.07) is 0.786. The van der Waals surface area contributed by atoms with E-state index < -0.39 is 0 Å². The van der Waals surface area contributed by atoms with E-state index in [1.807, 2.05) is 0 Å². The first-order valence-corrected chi connectivity index (χ1v) is 5.74. The normalized spacial score (nSPS) is 32.2. The van der Waals surface area contributed by atoms with Gasteiger partial charge < -0.3 is 5.32 Å². The molecule has 1 fully saturated rings. The number of hydrogen-bond acceptors (Lipinski definition) is 2. The quantitative estimate of drug-likeness (QED) is 0.702. The van der Waals surface area contributed by atoms with Crippen molar-refractivity contribution in [1.29, 1.82) is 0 Å². The lowest BCUT2D eigenvalue weighted by Gasteiger charge is -2.29. The minimum absolute atomic E-state index is 0.786. The van der Waals surface area contributed by atoms with Gasteiger partial charge in [0.25, 0.3) is 0 Å². The molecule has 1 N–H and O–H groups in total. The molecule has 1 aliphatic heterocycles. The lowest BCUT2D eigenvalue weighted by atomic mass is 10.1. The topological polar surface area (TPSA) is 12.0 Å². The first-order chi connectivity index (χ1) is 5.34. The monoisotopic (exact) mass is 173 g/mol. The first kappa shape index (κ1) is 9.40. The van der Waals surface area contributed by atoms with Crippen molar-refractivity contribution in [1.82, 2.24) is 5.32 Å². The summed E-state index contributed by atoms with van der Waals surface area (Å²) in [4.78, 5) is 0. The van der Waals surface area contributed by atoms with Crippen molar-refractivity contribution in [3.05, 3.63) is 0 Å². The van der Waals surface area contributed by atoms with Crippen molar-refractivity contribution in [2.24, 2.45) is 0 Å². The van der Waals surface area contributed by atoms with Gasteiger partial charge >= 0.3 is 0 Å². The zero-order valence-electron chi connectivity index (χ0n) is 7.60. The molecule has 2 atom stereocenters. The van der Waals surface area contributed by atoms with Crippen LogP contribution in [0.4, 0.5) is 0 Å². The molecule has 66 valence electrons. The maximum absolute atomic E-state index is 3.60. The number of hydrogen-bond donors (Lipinski definition) is 1. The molecule has 0 aromatic rings. The van der Waals surface area contributed by atoms with Gasteiger partial charge in [0.2, 0.25) is 0 Å². The Kier molecular flexibility index (Phi) is 4.31. The van der Waals surface area contributed by atoms with Crippen molar-refractivity contribution in [2.75, 3.05) is 12.3 Å². The molecule has 0 radical (unpaired) electrons. The summed E-state index contributed by atoms with van der Waals surface area (Å²) in [5.41, 5.74) is 0. The molecule has 0 bridgehead atoms. The van der Waals surface area contributed by atoms with Gasteiger partial charge in [-0.1, -0.05) is 13.8 Å². The number of rotatable bonds is 3. The molecule has 0 aliphatic carbocycles. The van der Waals surface area contributed by atoms with E-state index >= 15 is 0 Å². The molecule has 0 spiro atoms. The van der Waals surface area contributed by atoms with Gasteiger partial charge in [0.05, 0.1) is 0 Å². The lowest BCUT2D eigenvalue weighted by Crippen LogP contribution is -2.39. The molecule has 1 nitrogen and oxygen atoms in total. The molecule has 0 aromatic carbocycles. The van der Waals surface area contributed by atoms with Crippen LogP contribution in [-0.4, -0.2) is 23.6 Å². The Bertz CT molecular complexity index is 106. The van der Waals surface area contributed by atoms with Crippen LogP contribution in [0.15, 0.2) is 0 Å². The molecular weight excluding hydrogens is 154 g/mol. The smallest absolute Gasteiger partial charge is 0.0184 e. The zero-order valence-corrected chi connectivity index (χ0v) is 8.41. The van der Waals surface area contributed by atoms with E-state index in [2.05, 4.69) is 30.9 Å². The van der Waals surface area contributed by atoms with E-state index in [4.69, 9.17) is 0 Å². The number of nitrogens with one attached hydrogen (secondary N) is 1. The largest absolute Gasteiger partial charge is 0.313 e. The summed E-state index contributed by atoms with van der Waals surface area (Å²) in [5.74, 6) is 1.37. The van der Waals surface area contributed by atoms with Crippen molar-refractivity contribution >= 4 is 11.8 Å². The van der Waals surface area contributed by atoms with E-state index in [0.717, 1.165) is 11.3 Å². The third-order valence-corrected chi connectivity index (χ3v) is 3.64. The predicted octanol–water partition coefficient (Wildman–Crippen LogP) is 2.27. The average molecular weight is 173 g/mol. The van der Waals surface area contributed by atoms with Crippen molar-refractivity contribution in [3.8, 4) is 0 Å². The summed E-state index contributed by atoms with van der Waals surface area (Å²) in [5, 5.41) is 4.43. The van der Waals surface area contributed by atoms with Gasteiger partial charge in [-0.05, 0) is 31.6 Å². The van der Waals surface area contributed by atoms with Crippen LogP contribution in [0.5, 0.6) is 0 Å². The molecule has 11 heavy (non-hydrogen) atoms. The molecule has 0 aromatic heterocycles. The van der Waals surface area contributed by atoms with Gasteiger partial charge in [-0.2, -0.15) is 11.8 Å². The fourth-order valence-corrected chi connectivity index (χ4v) is 2.69. The van der Waals surface area contributed by atoms with E-state index in [0.29, 0.717) is 0 Å². The summed E-state index contributed by atoms with van der Waals surface area (Å²) in [6.45, 7) is 5.76. The highest BCUT2D eigenvalue weighted by molar-refractivity contribution is 7.99. The van der Waals surface area contributed by atoms with Crippen molar-refractivity contribution in [3.63, 3.8) is 0 Å². The maximum Gasteiger partial charge on any atom is 0.0184 e. The third kappa shape index (κ3) is 3.04. The molecule has 0 amide bonds. The Hall–Kier alpha value is 0.310. The summed E-state index contributed by atoms with van der Waals surface area (Å²) in [6.07, 6.45) is 4.04. The van der Waals surface area contributed by atoms with Gasteiger partial charge in [-0.15, -0.1) is 0 Å². The second-order valence-electron chi connectivity index (χ2n) is 3.28. The van der Waals surface area contributed by atoms with Crippen LogP contribution in [0.25, 0.3) is 0 Å². The summed E-state index contributed by atoms with van der Waals surface area (Å²) < 4.78 is 0. The first-order valence-electron chi connectivity index (χ1n) is 4.69. The summed E-state index contributed by atoms with van der Waals surface area (Å²) >= 11 is 2.11. The van der Waals surface area contributed by atoms with Gasteiger partial charge in [0.1, 0.15) is 0 Å². The van der Waals surface area contributed by atoms with Crippen LogP contribution < -0.4 is 5.32 Å². The van der Waals surface area contributed by atoms with Crippen LogP contribution in [0.1, 0.15) is 33.1 Å². The molecule has 1 rings (SSSR count). The molecular formula is C9H19NS. The minimum Gasteiger partial charge on any atom is -0.313 e. The fraction of sp³-hybridized carbons (Fsp3) is 1.00. The van der Waals surface area contributed by atoms with Crippen LogP contribution in [-0.2, 0) is 0 Å². The second-order valence-corrected chi connectivity index (χ2v) is 4.76. The van der Waals surface area contributed by atoms with Gasteiger partial charge in [0.15, 0.2) is 0 Å². The third-order valence-electron chi connectivity index (χ3n) is 2.26. The molecule has 2 heteroatoms. The van der Waals surface area contributed by atoms with E-state index in [1.54, 1.807) is 0 Å². The Labute approximate surface area is 74.3 Å². The SMILES string of the molecule is CCCNC1CCCSC1C. The standard InChI is InChI=1S/C9H19NS/c1-3-6-10-9-5-4-7-11-8(9)2/h8-10H,3-7H2,1-2H3. The Morgan fingerprint density at radius 2 is 2.36 bits per heavy atom. The Morgan fingerprint density at radius 3 is 3.00 bits per heavy atom. The van der Waals surface area contributed by atoms with Crippen LogP contribution >= 0.6 is 11.8 Å². The molecule has 1 aliphatic rings. The van der Waals surface area contributed by atoms with Gasteiger partial charge in [-0.3, -0.25) is 0 Å². The lowest BCUT2D eigenvalue weighted by molar-refractivity contribution is 0.463. The highest BCUT2D eigenvalue weighted by Gasteiger charge is 2.20. The average Bonchev–Trinajstić information content (AvgIpc) is 2.03. The fourth-order valence-electron chi connectivity index (χ4n) is 1.52. The maximum atomic E-state index is 3.60. The van der Waals surface area contributed by atoms with E-state index in [-0.39, 0.29) is 0 Å². The van der Waals surface area contributed by atoms with Crippen LogP contribution in [0, 0.1) is 0 Å². The molecule has 1 saturated heterocycles. The number of thioether (sulfide) groups is 1. The highest BCUT2D eigenvalue weighted by Crippen LogP contribution is 2.24. The van der Waals surface area contributed by atoms with E-state index in [9.17, 15) is 0 Å². The zero-order chi connectivity index (χ0) is 8.10.